The number of aryl methyl sites for hydroxylation is 1. The van der Waals surface area contributed by atoms with E-state index < -0.39 is 23.9 Å². The van der Waals surface area contributed by atoms with Crippen LogP contribution < -0.4 is 5.73 Å². The molecule has 5 nitrogen and oxygen atoms in total. The first-order valence-electron chi connectivity index (χ1n) is 10.3. The summed E-state index contributed by atoms with van der Waals surface area (Å²) in [6.45, 7) is 2.01. The minimum Gasteiger partial charge on any atom is -0.481 e. The predicted molar refractivity (Wildman–Crippen MR) is 119 cm³/mol. The van der Waals surface area contributed by atoms with Crippen molar-refractivity contribution in [3.8, 4) is 11.1 Å². The second-order valence-electron chi connectivity index (χ2n) is 7.97. The second kappa shape index (κ2) is 8.74. The number of hydrogen-bond acceptors (Lipinski definition) is 4. The summed E-state index contributed by atoms with van der Waals surface area (Å²) in [5.74, 6) is -3.61. The molecule has 0 aliphatic heterocycles. The van der Waals surface area contributed by atoms with Crippen LogP contribution in [0.5, 0.6) is 0 Å². The van der Waals surface area contributed by atoms with Gasteiger partial charge in [0, 0.05) is 12.0 Å². The minimum absolute atomic E-state index is 0.0771. The van der Waals surface area contributed by atoms with Gasteiger partial charge >= 0.3 is 11.9 Å². The van der Waals surface area contributed by atoms with Crippen molar-refractivity contribution in [2.45, 2.75) is 25.3 Å². The Balaban J connectivity index is 1.50. The maximum atomic E-state index is 12.8. The molecule has 158 valence electrons. The molecule has 4 rings (SSSR count). The summed E-state index contributed by atoms with van der Waals surface area (Å²) in [6, 6.07) is 22.7. The topological polar surface area (TPSA) is 89.6 Å². The summed E-state index contributed by atoms with van der Waals surface area (Å²) in [7, 11) is 0. The Morgan fingerprint density at radius 1 is 0.935 bits per heavy atom. The van der Waals surface area contributed by atoms with Crippen molar-refractivity contribution in [3.05, 3.63) is 95.1 Å². The van der Waals surface area contributed by atoms with Gasteiger partial charge in [0.25, 0.3) is 0 Å². The number of carboxylic acids is 1. The zero-order chi connectivity index (χ0) is 22.0. The first-order chi connectivity index (χ1) is 15.0. The van der Waals surface area contributed by atoms with Crippen LogP contribution in [0.2, 0.25) is 0 Å². The highest BCUT2D eigenvalue weighted by atomic mass is 16.5. The van der Waals surface area contributed by atoms with Crippen molar-refractivity contribution in [3.63, 3.8) is 0 Å². The SMILES string of the molecule is Cc1ccccc1C[C@H](N)[C@@H](C(=O)O)C(=O)OCC1c2ccccc2-c2ccccc21. The molecule has 0 fully saturated rings. The molecular formula is C26H25NO4. The number of rotatable bonds is 7. The van der Waals surface area contributed by atoms with E-state index in [-0.39, 0.29) is 18.9 Å². The van der Waals surface area contributed by atoms with Crippen LogP contribution in [0.25, 0.3) is 11.1 Å². The lowest BCUT2D eigenvalue weighted by atomic mass is 9.92. The summed E-state index contributed by atoms with van der Waals surface area (Å²) >= 11 is 0. The fraction of sp³-hybridized carbons (Fsp3) is 0.231. The van der Waals surface area contributed by atoms with Crippen LogP contribution in [-0.4, -0.2) is 29.7 Å². The third-order valence-corrected chi connectivity index (χ3v) is 6.02. The van der Waals surface area contributed by atoms with E-state index in [1.54, 1.807) is 0 Å². The maximum absolute atomic E-state index is 12.8. The average Bonchev–Trinajstić information content (AvgIpc) is 3.07. The molecule has 0 bridgehead atoms. The lowest BCUT2D eigenvalue weighted by molar-refractivity contribution is -0.159. The molecule has 1 aliphatic carbocycles. The van der Waals surface area contributed by atoms with E-state index in [4.69, 9.17) is 10.5 Å². The van der Waals surface area contributed by atoms with Crippen molar-refractivity contribution in [2.24, 2.45) is 11.7 Å². The molecule has 0 saturated heterocycles. The molecule has 0 spiro atoms. The molecule has 0 radical (unpaired) electrons. The molecule has 3 N–H and O–H groups in total. The largest absolute Gasteiger partial charge is 0.481 e. The van der Waals surface area contributed by atoms with Crippen molar-refractivity contribution < 1.29 is 19.4 Å². The Kier molecular flexibility index (Phi) is 5.87. The third-order valence-electron chi connectivity index (χ3n) is 6.02. The zero-order valence-corrected chi connectivity index (χ0v) is 17.3. The van der Waals surface area contributed by atoms with E-state index in [1.807, 2.05) is 79.7 Å². The number of carboxylic acid groups (broad SMARTS) is 1. The first-order valence-corrected chi connectivity index (χ1v) is 10.3. The monoisotopic (exact) mass is 415 g/mol. The second-order valence-corrected chi connectivity index (χ2v) is 7.97. The average molecular weight is 415 g/mol. The summed E-state index contributed by atoms with van der Waals surface area (Å²) in [4.78, 5) is 24.7. The van der Waals surface area contributed by atoms with Gasteiger partial charge in [0.15, 0.2) is 5.92 Å². The standard InChI is InChI=1S/C26H25NO4/c1-16-8-2-3-9-17(16)14-23(27)24(25(28)29)26(30)31-15-22-20-12-6-4-10-18(20)19-11-5-7-13-21(19)22/h2-13,22-24H,14-15,27H2,1H3,(H,28,29)/t23-,24-/m0/s1. The zero-order valence-electron chi connectivity index (χ0n) is 17.3. The number of ether oxygens (including phenoxy) is 1. The molecule has 3 aromatic carbocycles. The van der Waals surface area contributed by atoms with Crippen molar-refractivity contribution in [1.29, 1.82) is 0 Å². The van der Waals surface area contributed by atoms with Crippen LogP contribution in [0, 0.1) is 12.8 Å². The Labute approximate surface area is 181 Å². The number of hydrogen-bond donors (Lipinski definition) is 2. The van der Waals surface area contributed by atoms with Crippen molar-refractivity contribution in [2.75, 3.05) is 6.61 Å². The van der Waals surface area contributed by atoms with E-state index in [1.165, 1.54) is 0 Å². The van der Waals surface area contributed by atoms with Gasteiger partial charge in [-0.15, -0.1) is 0 Å². The lowest BCUT2D eigenvalue weighted by Gasteiger charge is -2.21. The number of esters is 1. The number of benzene rings is 3. The van der Waals surface area contributed by atoms with Gasteiger partial charge in [-0.05, 0) is 46.7 Å². The van der Waals surface area contributed by atoms with Crippen LogP contribution >= 0.6 is 0 Å². The molecule has 2 atom stereocenters. The van der Waals surface area contributed by atoms with Crippen LogP contribution in [-0.2, 0) is 20.7 Å². The third kappa shape index (κ3) is 4.09. The number of carbonyl (C=O) groups is 2. The Bertz CT molecular complexity index is 1080. The van der Waals surface area contributed by atoms with E-state index in [2.05, 4.69) is 0 Å². The maximum Gasteiger partial charge on any atom is 0.321 e. The highest BCUT2D eigenvalue weighted by molar-refractivity contribution is 5.95. The lowest BCUT2D eigenvalue weighted by Crippen LogP contribution is -2.43. The normalized spacial score (nSPS) is 14.4. The highest BCUT2D eigenvalue weighted by Gasteiger charge is 2.36. The molecular weight excluding hydrogens is 390 g/mol. The summed E-state index contributed by atoms with van der Waals surface area (Å²) in [5.41, 5.74) is 12.5. The van der Waals surface area contributed by atoms with E-state index in [0.29, 0.717) is 0 Å². The van der Waals surface area contributed by atoms with E-state index in [9.17, 15) is 14.7 Å². The van der Waals surface area contributed by atoms with Gasteiger partial charge in [-0.1, -0.05) is 72.8 Å². The van der Waals surface area contributed by atoms with Crippen LogP contribution in [0.4, 0.5) is 0 Å². The quantitative estimate of drug-likeness (QED) is 0.451. The van der Waals surface area contributed by atoms with Gasteiger partial charge in [0.2, 0.25) is 0 Å². The molecule has 1 aliphatic rings. The molecule has 0 aromatic heterocycles. The summed E-state index contributed by atoms with van der Waals surface area (Å²) < 4.78 is 5.55. The van der Waals surface area contributed by atoms with Crippen molar-refractivity contribution in [1.82, 2.24) is 0 Å². The van der Waals surface area contributed by atoms with E-state index in [0.717, 1.165) is 33.4 Å². The van der Waals surface area contributed by atoms with Gasteiger partial charge in [0.1, 0.15) is 6.61 Å². The van der Waals surface area contributed by atoms with E-state index >= 15 is 0 Å². The Morgan fingerprint density at radius 2 is 1.48 bits per heavy atom. The molecule has 0 saturated carbocycles. The fourth-order valence-corrected chi connectivity index (χ4v) is 4.36. The van der Waals surface area contributed by atoms with Gasteiger partial charge in [-0.25, -0.2) is 0 Å². The van der Waals surface area contributed by atoms with Gasteiger partial charge < -0.3 is 15.6 Å². The van der Waals surface area contributed by atoms with Crippen LogP contribution in [0.15, 0.2) is 72.8 Å². The minimum atomic E-state index is -1.42. The molecule has 5 heteroatoms. The number of fused-ring (bicyclic) bond motifs is 3. The van der Waals surface area contributed by atoms with Gasteiger partial charge in [0.05, 0.1) is 0 Å². The smallest absolute Gasteiger partial charge is 0.321 e. The molecule has 3 aromatic rings. The molecule has 0 heterocycles. The van der Waals surface area contributed by atoms with Crippen LogP contribution in [0.3, 0.4) is 0 Å². The predicted octanol–water partition coefficient (Wildman–Crippen LogP) is 3.92. The Hall–Kier alpha value is -3.44. The van der Waals surface area contributed by atoms with Crippen molar-refractivity contribution >= 4 is 11.9 Å². The molecule has 0 unspecified atom stereocenters. The summed E-state index contributed by atoms with van der Waals surface area (Å²) in [5, 5.41) is 9.69. The fourth-order valence-electron chi connectivity index (χ4n) is 4.36. The number of carbonyl (C=O) groups excluding carboxylic acids is 1. The summed E-state index contributed by atoms with van der Waals surface area (Å²) in [6.07, 6.45) is 0.286. The first kappa shape index (κ1) is 20.8. The van der Waals surface area contributed by atoms with Gasteiger partial charge in [-0.2, -0.15) is 0 Å². The van der Waals surface area contributed by atoms with Crippen LogP contribution in [0.1, 0.15) is 28.2 Å². The molecule has 31 heavy (non-hydrogen) atoms. The molecule has 0 amide bonds. The highest BCUT2D eigenvalue weighted by Crippen LogP contribution is 2.44. The number of nitrogens with two attached hydrogens (primary N) is 1. The Morgan fingerprint density at radius 3 is 2.06 bits per heavy atom. The van der Waals surface area contributed by atoms with Gasteiger partial charge in [-0.3, -0.25) is 9.59 Å². The number of aliphatic carboxylic acids is 1.